The van der Waals surface area contributed by atoms with Gasteiger partial charge in [0.15, 0.2) is 0 Å². The minimum atomic E-state index is -0.770. The second kappa shape index (κ2) is 4.25. The van der Waals surface area contributed by atoms with Crippen molar-refractivity contribution in [1.29, 1.82) is 0 Å². The third-order valence-corrected chi connectivity index (χ3v) is 3.10. The number of carboxylic acid groups (broad SMARTS) is 1. The highest BCUT2D eigenvalue weighted by Gasteiger charge is 2.23. The van der Waals surface area contributed by atoms with Crippen LogP contribution in [0.2, 0.25) is 0 Å². The molecule has 2 heterocycles. The van der Waals surface area contributed by atoms with Crippen molar-refractivity contribution in [2.75, 3.05) is 13.6 Å². The summed E-state index contributed by atoms with van der Waals surface area (Å²) in [6, 6.07) is 0. The van der Waals surface area contributed by atoms with Gasteiger partial charge in [-0.25, -0.2) is 0 Å². The van der Waals surface area contributed by atoms with E-state index >= 15 is 0 Å². The number of rotatable bonds is 3. The molecule has 1 unspecified atom stereocenters. The van der Waals surface area contributed by atoms with Gasteiger partial charge in [-0.15, -0.1) is 0 Å². The molecule has 2 N–H and O–H groups in total. The number of nitrogens with zero attached hydrogens (tertiary/aromatic N) is 2. The molecule has 5 heteroatoms. The van der Waals surface area contributed by atoms with Gasteiger partial charge in [-0.1, -0.05) is 6.92 Å². The van der Waals surface area contributed by atoms with Crippen LogP contribution in [0.3, 0.4) is 0 Å². The number of aliphatic carboxylic acids is 1. The zero-order valence-electron chi connectivity index (χ0n) is 9.66. The quantitative estimate of drug-likeness (QED) is 0.801. The third-order valence-electron chi connectivity index (χ3n) is 3.10. The first kappa shape index (κ1) is 11.1. The molecule has 0 aliphatic carbocycles. The summed E-state index contributed by atoms with van der Waals surface area (Å²) in [7, 11) is 2.07. The van der Waals surface area contributed by atoms with E-state index in [4.69, 9.17) is 5.11 Å². The molecule has 0 saturated carbocycles. The molecule has 1 aromatic heterocycles. The first-order valence-electron chi connectivity index (χ1n) is 5.54. The molecule has 88 valence electrons. The normalized spacial score (nSPS) is 18.1. The molecule has 0 radical (unpaired) electrons. The molecule has 1 aromatic rings. The van der Waals surface area contributed by atoms with Gasteiger partial charge in [-0.05, 0) is 7.05 Å². The fourth-order valence-electron chi connectivity index (χ4n) is 2.22. The van der Waals surface area contributed by atoms with Crippen molar-refractivity contribution in [1.82, 2.24) is 15.1 Å². The number of carboxylic acids is 1. The molecule has 0 saturated heterocycles. The lowest BCUT2D eigenvalue weighted by Crippen LogP contribution is -2.26. The van der Waals surface area contributed by atoms with Gasteiger partial charge in [0.1, 0.15) is 0 Å². The summed E-state index contributed by atoms with van der Waals surface area (Å²) in [5.74, 6) is -0.794. The van der Waals surface area contributed by atoms with Crippen LogP contribution in [0, 0.1) is 0 Å². The molecule has 1 aliphatic heterocycles. The highest BCUT2D eigenvalue weighted by Crippen LogP contribution is 2.26. The summed E-state index contributed by atoms with van der Waals surface area (Å²) in [5, 5.41) is 16.1. The number of aromatic amines is 1. The van der Waals surface area contributed by atoms with Crippen molar-refractivity contribution >= 4 is 5.97 Å². The molecule has 0 aromatic carbocycles. The third kappa shape index (κ3) is 2.09. The Kier molecular flexibility index (Phi) is 2.96. The topological polar surface area (TPSA) is 69.2 Å². The van der Waals surface area contributed by atoms with Crippen LogP contribution in [0.4, 0.5) is 0 Å². The Morgan fingerprint density at radius 2 is 2.44 bits per heavy atom. The van der Waals surface area contributed by atoms with Crippen LogP contribution in [0.5, 0.6) is 0 Å². The van der Waals surface area contributed by atoms with Gasteiger partial charge in [0.05, 0.1) is 12.1 Å². The number of hydrogen-bond acceptors (Lipinski definition) is 3. The molecule has 16 heavy (non-hydrogen) atoms. The minimum Gasteiger partial charge on any atom is -0.481 e. The Hall–Kier alpha value is -1.36. The molecule has 0 amide bonds. The fraction of sp³-hybridized carbons (Fsp3) is 0.636. The van der Waals surface area contributed by atoms with Crippen molar-refractivity contribution in [2.45, 2.75) is 32.2 Å². The van der Waals surface area contributed by atoms with E-state index < -0.39 is 5.97 Å². The highest BCUT2D eigenvalue weighted by atomic mass is 16.4. The second-order valence-electron chi connectivity index (χ2n) is 4.55. The smallest absolute Gasteiger partial charge is 0.304 e. The van der Waals surface area contributed by atoms with Crippen molar-refractivity contribution in [3.8, 4) is 0 Å². The van der Waals surface area contributed by atoms with Crippen LogP contribution in [0.15, 0.2) is 0 Å². The highest BCUT2D eigenvalue weighted by molar-refractivity contribution is 5.67. The summed E-state index contributed by atoms with van der Waals surface area (Å²) in [6.45, 7) is 3.81. The molecule has 2 rings (SSSR count). The minimum absolute atomic E-state index is 0.0241. The maximum Gasteiger partial charge on any atom is 0.304 e. The lowest BCUT2D eigenvalue weighted by molar-refractivity contribution is -0.137. The predicted molar refractivity (Wildman–Crippen MR) is 59.3 cm³/mol. The summed E-state index contributed by atoms with van der Waals surface area (Å²) >= 11 is 0. The Labute approximate surface area is 94.5 Å². The molecular weight excluding hydrogens is 206 g/mol. The second-order valence-corrected chi connectivity index (χ2v) is 4.55. The van der Waals surface area contributed by atoms with Crippen LogP contribution < -0.4 is 0 Å². The standard InChI is InChI=1S/C11H17N3O2/c1-7(5-10(15)16)11-8-6-14(2)4-3-9(8)12-13-11/h7H,3-6H2,1-2H3,(H,12,13)(H,15,16). The van der Waals surface area contributed by atoms with Gasteiger partial charge in [0.25, 0.3) is 0 Å². The summed E-state index contributed by atoms with van der Waals surface area (Å²) < 4.78 is 0. The Morgan fingerprint density at radius 3 is 3.12 bits per heavy atom. The average Bonchev–Trinajstić information content (AvgIpc) is 2.59. The first-order valence-corrected chi connectivity index (χ1v) is 5.54. The van der Waals surface area contributed by atoms with Crippen molar-refractivity contribution in [2.24, 2.45) is 0 Å². The van der Waals surface area contributed by atoms with Gasteiger partial charge in [0, 0.05) is 36.7 Å². The van der Waals surface area contributed by atoms with Gasteiger partial charge in [0.2, 0.25) is 0 Å². The number of hydrogen-bond donors (Lipinski definition) is 2. The lowest BCUT2D eigenvalue weighted by atomic mass is 9.96. The van der Waals surface area contributed by atoms with E-state index in [9.17, 15) is 4.79 Å². The van der Waals surface area contributed by atoms with E-state index in [0.717, 1.165) is 25.2 Å². The molecule has 0 bridgehead atoms. The number of carbonyl (C=O) groups is 1. The average molecular weight is 223 g/mol. The molecule has 0 spiro atoms. The largest absolute Gasteiger partial charge is 0.481 e. The number of aromatic nitrogens is 2. The molecule has 1 atom stereocenters. The SMILES string of the molecule is CC(CC(=O)O)c1n[nH]c2c1CN(C)CC2. The zero-order valence-corrected chi connectivity index (χ0v) is 9.66. The van der Waals surface area contributed by atoms with Crippen molar-refractivity contribution in [3.05, 3.63) is 17.0 Å². The van der Waals surface area contributed by atoms with Gasteiger partial charge in [-0.2, -0.15) is 5.10 Å². The van der Waals surface area contributed by atoms with Crippen LogP contribution in [0.25, 0.3) is 0 Å². The Morgan fingerprint density at radius 1 is 1.69 bits per heavy atom. The van der Waals surface area contributed by atoms with E-state index in [1.165, 1.54) is 11.3 Å². The van der Waals surface area contributed by atoms with Crippen LogP contribution in [-0.2, 0) is 17.8 Å². The van der Waals surface area contributed by atoms with Crippen molar-refractivity contribution in [3.63, 3.8) is 0 Å². The maximum absolute atomic E-state index is 10.7. The van der Waals surface area contributed by atoms with Gasteiger partial charge >= 0.3 is 5.97 Å². The summed E-state index contributed by atoms with van der Waals surface area (Å²) in [4.78, 5) is 12.9. The van der Waals surface area contributed by atoms with Crippen LogP contribution in [-0.4, -0.2) is 39.8 Å². The maximum atomic E-state index is 10.7. The van der Waals surface area contributed by atoms with Gasteiger partial charge < -0.3 is 10.0 Å². The van der Waals surface area contributed by atoms with E-state index in [2.05, 4.69) is 22.1 Å². The lowest BCUT2D eigenvalue weighted by Gasteiger charge is -2.23. The molecule has 1 aliphatic rings. The molecular formula is C11H17N3O2. The van der Waals surface area contributed by atoms with Gasteiger partial charge in [-0.3, -0.25) is 9.89 Å². The number of H-pyrrole nitrogens is 1. The number of fused-ring (bicyclic) bond motifs is 1. The molecule has 5 nitrogen and oxygen atoms in total. The van der Waals surface area contributed by atoms with Crippen LogP contribution in [0.1, 0.15) is 36.2 Å². The Bertz CT molecular complexity index is 400. The summed E-state index contributed by atoms with van der Waals surface area (Å²) in [5.41, 5.74) is 3.29. The predicted octanol–water partition coefficient (Wildman–Crippen LogP) is 0.976. The number of nitrogens with one attached hydrogen (secondary N) is 1. The van der Waals surface area contributed by atoms with E-state index in [1.807, 2.05) is 6.92 Å². The monoisotopic (exact) mass is 223 g/mol. The fourth-order valence-corrected chi connectivity index (χ4v) is 2.22. The van der Waals surface area contributed by atoms with E-state index in [-0.39, 0.29) is 12.3 Å². The first-order chi connectivity index (χ1) is 7.58. The number of likely N-dealkylation sites (N-methyl/N-ethyl adjacent to an activating group) is 1. The van der Waals surface area contributed by atoms with E-state index in [1.54, 1.807) is 0 Å². The summed E-state index contributed by atoms with van der Waals surface area (Å²) in [6.07, 6.45) is 1.11. The van der Waals surface area contributed by atoms with Crippen LogP contribution >= 0.6 is 0 Å². The zero-order chi connectivity index (χ0) is 11.7. The Balaban J connectivity index is 2.22. The van der Waals surface area contributed by atoms with E-state index in [0.29, 0.717) is 0 Å². The molecule has 0 fully saturated rings. The van der Waals surface area contributed by atoms with Crippen molar-refractivity contribution < 1.29 is 9.90 Å².